The summed E-state index contributed by atoms with van der Waals surface area (Å²) in [5.74, 6) is -1.06. The average Bonchev–Trinajstić information content (AvgIpc) is 2.61. The quantitative estimate of drug-likeness (QED) is 0.459. The Morgan fingerprint density at radius 2 is 1.77 bits per heavy atom. The second kappa shape index (κ2) is 9.22. The highest BCUT2D eigenvalue weighted by atomic mass is 35.5. The molecule has 0 fully saturated rings. The zero-order chi connectivity index (χ0) is 19.1. The van der Waals surface area contributed by atoms with Gasteiger partial charge in [-0.25, -0.2) is 5.43 Å². The minimum atomic E-state index is -0.900. The van der Waals surface area contributed by atoms with E-state index in [9.17, 15) is 9.59 Å². The zero-order valence-electron chi connectivity index (χ0n) is 14.2. The van der Waals surface area contributed by atoms with Gasteiger partial charge in [0.05, 0.1) is 17.3 Å². The molecule has 2 N–H and O–H groups in total. The van der Waals surface area contributed by atoms with Crippen LogP contribution in [0.4, 0.5) is 5.69 Å². The molecule has 136 valence electrons. The predicted octanol–water partition coefficient (Wildman–Crippen LogP) is 3.87. The second-order valence-electron chi connectivity index (χ2n) is 5.17. The fourth-order valence-electron chi connectivity index (χ4n) is 2.02. The van der Waals surface area contributed by atoms with Gasteiger partial charge < -0.3 is 10.1 Å². The maximum absolute atomic E-state index is 11.9. The van der Waals surface area contributed by atoms with Crippen LogP contribution in [-0.4, -0.2) is 24.1 Å². The minimum Gasteiger partial charge on any atom is -0.494 e. The monoisotopic (exact) mass is 393 g/mol. The van der Waals surface area contributed by atoms with Crippen molar-refractivity contribution in [2.24, 2.45) is 5.10 Å². The van der Waals surface area contributed by atoms with Crippen molar-refractivity contribution in [3.63, 3.8) is 0 Å². The summed E-state index contributed by atoms with van der Waals surface area (Å²) in [6, 6.07) is 11.6. The average molecular weight is 394 g/mol. The maximum atomic E-state index is 11.9. The van der Waals surface area contributed by atoms with Crippen molar-refractivity contribution in [1.29, 1.82) is 0 Å². The molecule has 0 aliphatic heterocycles. The molecule has 6 nitrogen and oxygen atoms in total. The van der Waals surface area contributed by atoms with Gasteiger partial charge in [-0.1, -0.05) is 29.3 Å². The molecular formula is C18H17Cl2N3O3. The topological polar surface area (TPSA) is 79.8 Å². The van der Waals surface area contributed by atoms with Gasteiger partial charge in [0.1, 0.15) is 5.75 Å². The SMILES string of the molecule is CCOc1ccc(NC(=O)C(=O)NN=C(C)c2ccc(Cl)cc2Cl)cc1. The largest absolute Gasteiger partial charge is 0.494 e. The van der Waals surface area contributed by atoms with E-state index < -0.39 is 11.8 Å². The summed E-state index contributed by atoms with van der Waals surface area (Å²) in [5, 5.41) is 7.26. The highest BCUT2D eigenvalue weighted by molar-refractivity contribution is 6.40. The van der Waals surface area contributed by atoms with Crippen molar-refractivity contribution >= 4 is 46.4 Å². The lowest BCUT2D eigenvalue weighted by molar-refractivity contribution is -0.136. The number of nitrogens with one attached hydrogen (secondary N) is 2. The standard InChI is InChI=1S/C18H17Cl2N3O3/c1-3-26-14-7-5-13(6-8-14)21-17(24)18(25)23-22-11(2)15-9-4-12(19)10-16(15)20/h4-10H,3H2,1-2H3,(H,21,24)(H,23,25). The molecule has 8 heteroatoms. The van der Waals surface area contributed by atoms with Gasteiger partial charge in [-0.2, -0.15) is 5.10 Å². The number of hydrazone groups is 1. The van der Waals surface area contributed by atoms with E-state index in [1.807, 2.05) is 6.92 Å². The Labute approximate surface area is 161 Å². The maximum Gasteiger partial charge on any atom is 0.329 e. The van der Waals surface area contributed by atoms with Crippen molar-refractivity contribution in [2.45, 2.75) is 13.8 Å². The van der Waals surface area contributed by atoms with Crippen LogP contribution in [0.15, 0.2) is 47.6 Å². The summed E-state index contributed by atoms with van der Waals surface area (Å²) in [6.07, 6.45) is 0. The summed E-state index contributed by atoms with van der Waals surface area (Å²) in [7, 11) is 0. The van der Waals surface area contributed by atoms with Crippen LogP contribution in [0.5, 0.6) is 5.75 Å². The Kier molecular flexibility index (Phi) is 7.00. The summed E-state index contributed by atoms with van der Waals surface area (Å²) in [4.78, 5) is 23.8. The molecule has 0 heterocycles. The van der Waals surface area contributed by atoms with Gasteiger partial charge in [0.25, 0.3) is 0 Å². The zero-order valence-corrected chi connectivity index (χ0v) is 15.7. The number of rotatable bonds is 5. The van der Waals surface area contributed by atoms with Gasteiger partial charge in [-0.15, -0.1) is 0 Å². The predicted molar refractivity (Wildman–Crippen MR) is 103 cm³/mol. The van der Waals surface area contributed by atoms with E-state index in [0.29, 0.717) is 39.4 Å². The van der Waals surface area contributed by atoms with E-state index >= 15 is 0 Å². The molecule has 0 unspecified atom stereocenters. The van der Waals surface area contributed by atoms with Crippen LogP contribution >= 0.6 is 23.2 Å². The van der Waals surface area contributed by atoms with Crippen molar-refractivity contribution in [3.05, 3.63) is 58.1 Å². The van der Waals surface area contributed by atoms with E-state index in [4.69, 9.17) is 27.9 Å². The number of nitrogens with zero attached hydrogens (tertiary/aromatic N) is 1. The Hall–Kier alpha value is -2.57. The molecule has 2 amide bonds. The highest BCUT2D eigenvalue weighted by Crippen LogP contribution is 2.21. The number of hydrogen-bond donors (Lipinski definition) is 2. The normalized spacial score (nSPS) is 11.0. The van der Waals surface area contributed by atoms with Crippen molar-refractivity contribution in [2.75, 3.05) is 11.9 Å². The molecule has 0 aliphatic rings. The molecule has 0 aromatic heterocycles. The first-order valence-electron chi connectivity index (χ1n) is 7.74. The summed E-state index contributed by atoms with van der Waals surface area (Å²) in [6.45, 7) is 4.07. The minimum absolute atomic E-state index is 0.395. The van der Waals surface area contributed by atoms with Crippen molar-refractivity contribution in [3.8, 4) is 5.75 Å². The van der Waals surface area contributed by atoms with Crippen LogP contribution in [0.3, 0.4) is 0 Å². The number of benzene rings is 2. The van der Waals surface area contributed by atoms with Crippen LogP contribution in [0.2, 0.25) is 10.0 Å². The fraction of sp³-hybridized carbons (Fsp3) is 0.167. The van der Waals surface area contributed by atoms with Crippen molar-refractivity contribution in [1.82, 2.24) is 5.43 Å². The van der Waals surface area contributed by atoms with Gasteiger partial charge in [0.15, 0.2) is 0 Å². The number of hydrogen-bond acceptors (Lipinski definition) is 4. The molecule has 2 aromatic rings. The van der Waals surface area contributed by atoms with Gasteiger partial charge in [-0.3, -0.25) is 9.59 Å². The highest BCUT2D eigenvalue weighted by Gasteiger charge is 2.14. The molecule has 2 rings (SSSR count). The molecule has 0 radical (unpaired) electrons. The molecular weight excluding hydrogens is 377 g/mol. The number of amides is 2. The Bertz CT molecular complexity index is 836. The Balaban J connectivity index is 1.96. The van der Waals surface area contributed by atoms with E-state index in [1.165, 1.54) is 0 Å². The van der Waals surface area contributed by atoms with Crippen LogP contribution in [-0.2, 0) is 9.59 Å². The smallest absolute Gasteiger partial charge is 0.329 e. The van der Waals surface area contributed by atoms with Crippen LogP contribution in [0, 0.1) is 0 Å². The number of ether oxygens (including phenoxy) is 1. The first-order valence-corrected chi connectivity index (χ1v) is 8.50. The molecule has 2 aromatic carbocycles. The summed E-state index contributed by atoms with van der Waals surface area (Å²) >= 11 is 11.9. The summed E-state index contributed by atoms with van der Waals surface area (Å²) < 4.78 is 5.31. The number of anilines is 1. The van der Waals surface area contributed by atoms with E-state index in [2.05, 4.69) is 15.8 Å². The molecule has 0 saturated carbocycles. The van der Waals surface area contributed by atoms with Gasteiger partial charge in [-0.05, 0) is 50.2 Å². The molecule has 0 spiro atoms. The van der Waals surface area contributed by atoms with Crippen LogP contribution in [0.25, 0.3) is 0 Å². The van der Waals surface area contributed by atoms with Gasteiger partial charge >= 0.3 is 11.8 Å². The summed E-state index contributed by atoms with van der Waals surface area (Å²) in [5.41, 5.74) is 3.70. The van der Waals surface area contributed by atoms with E-state index in [0.717, 1.165) is 0 Å². The lowest BCUT2D eigenvalue weighted by Gasteiger charge is -2.07. The molecule has 0 saturated heterocycles. The van der Waals surface area contributed by atoms with E-state index in [-0.39, 0.29) is 0 Å². The molecule has 0 aliphatic carbocycles. The molecule has 26 heavy (non-hydrogen) atoms. The number of carbonyl (C=O) groups excluding carboxylic acids is 2. The lowest BCUT2D eigenvalue weighted by Crippen LogP contribution is -2.32. The van der Waals surface area contributed by atoms with Crippen LogP contribution < -0.4 is 15.5 Å². The Morgan fingerprint density at radius 3 is 2.38 bits per heavy atom. The third-order valence-electron chi connectivity index (χ3n) is 3.28. The van der Waals surface area contributed by atoms with Gasteiger partial charge in [0.2, 0.25) is 0 Å². The number of carbonyl (C=O) groups is 2. The first kappa shape index (κ1) is 19.8. The van der Waals surface area contributed by atoms with E-state index in [1.54, 1.807) is 49.4 Å². The van der Waals surface area contributed by atoms with Crippen molar-refractivity contribution < 1.29 is 14.3 Å². The first-order chi connectivity index (χ1) is 12.4. The third-order valence-corrected chi connectivity index (χ3v) is 3.82. The van der Waals surface area contributed by atoms with Crippen LogP contribution in [0.1, 0.15) is 19.4 Å². The lowest BCUT2D eigenvalue weighted by atomic mass is 10.1. The third kappa shape index (κ3) is 5.47. The fourth-order valence-corrected chi connectivity index (χ4v) is 2.56. The Morgan fingerprint density at radius 1 is 1.08 bits per heavy atom. The van der Waals surface area contributed by atoms with Gasteiger partial charge in [0, 0.05) is 16.3 Å². The molecule has 0 bridgehead atoms. The molecule has 0 atom stereocenters. The number of halogens is 2. The second-order valence-corrected chi connectivity index (χ2v) is 6.02.